The molecule has 0 fully saturated rings. The van der Waals surface area contributed by atoms with Crippen LogP contribution < -0.4 is 11.1 Å². The van der Waals surface area contributed by atoms with Crippen molar-refractivity contribution in [1.82, 2.24) is 10.2 Å². The number of unbranched alkanes of at least 4 members (excludes halogenated alkanes) is 1. The summed E-state index contributed by atoms with van der Waals surface area (Å²) in [7, 11) is 0. The summed E-state index contributed by atoms with van der Waals surface area (Å²) in [6, 6.07) is 1.60. The Labute approximate surface area is 126 Å². The molecule has 1 unspecified atom stereocenters. The molecule has 1 rings (SSSR count). The van der Waals surface area contributed by atoms with Gasteiger partial charge in [0.2, 0.25) is 5.91 Å². The molecule has 21 heavy (non-hydrogen) atoms. The Hall–Kier alpha value is -2.09. The van der Waals surface area contributed by atoms with Crippen LogP contribution in [0.3, 0.4) is 0 Å². The summed E-state index contributed by atoms with van der Waals surface area (Å²) in [6.07, 6.45) is 1.55. The lowest BCUT2D eigenvalue weighted by Crippen LogP contribution is -2.47. The average Bonchev–Trinajstić information content (AvgIpc) is 2.93. The first kappa shape index (κ1) is 17.0. The van der Waals surface area contributed by atoms with Crippen molar-refractivity contribution >= 4 is 29.2 Å². The molecule has 8 heteroatoms. The van der Waals surface area contributed by atoms with Crippen LogP contribution >= 0.6 is 11.3 Å². The smallest absolute Gasteiger partial charge is 0.331 e. The third kappa shape index (κ3) is 5.42. The first-order valence-electron chi connectivity index (χ1n) is 6.55. The molecule has 3 amide bonds. The SMILES string of the molecule is CCCCN(CC(N)=O)C(=O)NC(C(=O)O)c1cccs1. The van der Waals surface area contributed by atoms with Crippen LogP contribution in [0.1, 0.15) is 30.7 Å². The molecule has 116 valence electrons. The summed E-state index contributed by atoms with van der Waals surface area (Å²) in [5.74, 6) is -1.79. The summed E-state index contributed by atoms with van der Waals surface area (Å²) in [6.45, 7) is 2.07. The number of nitrogens with one attached hydrogen (secondary N) is 1. The fourth-order valence-electron chi connectivity index (χ4n) is 1.71. The van der Waals surface area contributed by atoms with Crippen molar-refractivity contribution < 1.29 is 19.5 Å². The van der Waals surface area contributed by atoms with Gasteiger partial charge < -0.3 is 21.1 Å². The van der Waals surface area contributed by atoms with Crippen LogP contribution in [0.4, 0.5) is 4.79 Å². The van der Waals surface area contributed by atoms with Crippen LogP contribution in [0.2, 0.25) is 0 Å². The van der Waals surface area contributed by atoms with E-state index in [9.17, 15) is 19.5 Å². The summed E-state index contributed by atoms with van der Waals surface area (Å²) >= 11 is 1.24. The fraction of sp³-hybridized carbons (Fsp3) is 0.462. The minimum absolute atomic E-state index is 0.234. The van der Waals surface area contributed by atoms with E-state index in [-0.39, 0.29) is 6.54 Å². The van der Waals surface area contributed by atoms with Crippen LogP contribution in [-0.4, -0.2) is 41.0 Å². The third-order valence-electron chi connectivity index (χ3n) is 2.76. The van der Waals surface area contributed by atoms with Crippen LogP contribution in [-0.2, 0) is 9.59 Å². The Morgan fingerprint density at radius 2 is 2.19 bits per heavy atom. The number of nitrogens with zero attached hydrogens (tertiary/aromatic N) is 1. The monoisotopic (exact) mass is 313 g/mol. The maximum Gasteiger partial charge on any atom is 0.331 e. The highest BCUT2D eigenvalue weighted by Crippen LogP contribution is 2.19. The minimum Gasteiger partial charge on any atom is -0.479 e. The number of aliphatic carboxylic acids is 1. The van der Waals surface area contributed by atoms with Gasteiger partial charge in [-0.15, -0.1) is 11.3 Å². The second-order valence-corrected chi connectivity index (χ2v) is 5.46. The molecule has 1 aromatic heterocycles. The zero-order chi connectivity index (χ0) is 15.8. The number of urea groups is 1. The van der Waals surface area contributed by atoms with Crippen molar-refractivity contribution in [3.63, 3.8) is 0 Å². The van der Waals surface area contributed by atoms with E-state index in [1.54, 1.807) is 17.5 Å². The predicted octanol–water partition coefficient (Wildman–Crippen LogP) is 1.17. The third-order valence-corrected chi connectivity index (χ3v) is 3.70. The van der Waals surface area contributed by atoms with Crippen molar-refractivity contribution in [1.29, 1.82) is 0 Å². The molecule has 4 N–H and O–H groups in total. The lowest BCUT2D eigenvalue weighted by atomic mass is 10.2. The Bertz CT molecular complexity index is 490. The van der Waals surface area contributed by atoms with Gasteiger partial charge in [-0.1, -0.05) is 19.4 Å². The first-order valence-corrected chi connectivity index (χ1v) is 7.43. The van der Waals surface area contributed by atoms with Gasteiger partial charge in [0.25, 0.3) is 0 Å². The van der Waals surface area contributed by atoms with Gasteiger partial charge in [-0.3, -0.25) is 4.79 Å². The van der Waals surface area contributed by atoms with E-state index < -0.39 is 23.9 Å². The Morgan fingerprint density at radius 1 is 1.48 bits per heavy atom. The van der Waals surface area contributed by atoms with E-state index in [1.165, 1.54) is 16.2 Å². The van der Waals surface area contributed by atoms with E-state index in [4.69, 9.17) is 5.73 Å². The molecular formula is C13H19N3O4S. The molecule has 0 aromatic carbocycles. The van der Waals surface area contributed by atoms with Gasteiger partial charge in [0.1, 0.15) is 6.54 Å². The van der Waals surface area contributed by atoms with E-state index in [0.29, 0.717) is 17.8 Å². The number of carboxylic acids is 1. The second kappa shape index (κ2) is 8.25. The Balaban J connectivity index is 2.77. The zero-order valence-corrected chi connectivity index (χ0v) is 12.6. The number of amides is 3. The molecule has 7 nitrogen and oxygen atoms in total. The highest BCUT2D eigenvalue weighted by atomic mass is 32.1. The first-order chi connectivity index (χ1) is 9.95. The lowest BCUT2D eigenvalue weighted by molar-refractivity contribution is -0.139. The Kier molecular flexibility index (Phi) is 6.67. The number of carbonyl (C=O) groups is 3. The number of carboxylic acid groups (broad SMARTS) is 1. The van der Waals surface area contributed by atoms with Crippen LogP contribution in [0.5, 0.6) is 0 Å². The van der Waals surface area contributed by atoms with Gasteiger partial charge >= 0.3 is 12.0 Å². The van der Waals surface area contributed by atoms with Crippen molar-refractivity contribution in [2.45, 2.75) is 25.8 Å². The van der Waals surface area contributed by atoms with Crippen LogP contribution in [0, 0.1) is 0 Å². The minimum atomic E-state index is -1.15. The highest BCUT2D eigenvalue weighted by molar-refractivity contribution is 7.10. The molecule has 0 aliphatic heterocycles. The summed E-state index contributed by atoms with van der Waals surface area (Å²) in [5, 5.41) is 13.4. The van der Waals surface area contributed by atoms with Crippen LogP contribution in [0.15, 0.2) is 17.5 Å². The molecule has 0 saturated carbocycles. The van der Waals surface area contributed by atoms with Gasteiger partial charge in [0, 0.05) is 11.4 Å². The summed E-state index contributed by atoms with van der Waals surface area (Å²) < 4.78 is 0. The number of nitrogens with two attached hydrogens (primary N) is 1. The molecule has 0 aliphatic rings. The molecule has 0 radical (unpaired) electrons. The molecule has 0 saturated heterocycles. The highest BCUT2D eigenvalue weighted by Gasteiger charge is 2.26. The number of hydrogen-bond donors (Lipinski definition) is 3. The topological polar surface area (TPSA) is 113 Å². The van der Waals surface area contributed by atoms with Gasteiger partial charge in [-0.25, -0.2) is 9.59 Å². The van der Waals surface area contributed by atoms with Crippen molar-refractivity contribution in [3.8, 4) is 0 Å². The quantitative estimate of drug-likeness (QED) is 0.668. The number of carbonyl (C=O) groups excluding carboxylic acids is 2. The number of hydrogen-bond acceptors (Lipinski definition) is 4. The predicted molar refractivity (Wildman–Crippen MR) is 78.9 cm³/mol. The molecule has 1 aromatic rings. The van der Waals surface area contributed by atoms with Crippen molar-refractivity contribution in [2.24, 2.45) is 5.73 Å². The molecule has 0 aliphatic carbocycles. The van der Waals surface area contributed by atoms with Gasteiger partial charge in [0.15, 0.2) is 6.04 Å². The van der Waals surface area contributed by atoms with E-state index in [1.807, 2.05) is 6.92 Å². The van der Waals surface area contributed by atoms with Gasteiger partial charge in [0.05, 0.1) is 0 Å². The average molecular weight is 313 g/mol. The molecule has 1 atom stereocenters. The molecule has 0 spiro atoms. The van der Waals surface area contributed by atoms with Gasteiger partial charge in [-0.05, 0) is 17.9 Å². The normalized spacial score (nSPS) is 11.7. The van der Waals surface area contributed by atoms with Gasteiger partial charge in [-0.2, -0.15) is 0 Å². The summed E-state index contributed by atoms with van der Waals surface area (Å²) in [5.41, 5.74) is 5.11. The van der Waals surface area contributed by atoms with Crippen LogP contribution in [0.25, 0.3) is 0 Å². The second-order valence-electron chi connectivity index (χ2n) is 4.48. The standard InChI is InChI=1S/C13H19N3O4S/c1-2-3-6-16(8-10(14)17)13(20)15-11(12(18)19)9-5-4-7-21-9/h4-5,7,11H,2-3,6,8H2,1H3,(H2,14,17)(H,15,20)(H,18,19). The maximum absolute atomic E-state index is 12.1. The molecule has 0 bridgehead atoms. The molecular weight excluding hydrogens is 294 g/mol. The van der Waals surface area contributed by atoms with E-state index >= 15 is 0 Å². The Morgan fingerprint density at radius 3 is 2.67 bits per heavy atom. The number of thiophene rings is 1. The zero-order valence-electron chi connectivity index (χ0n) is 11.7. The number of rotatable bonds is 8. The maximum atomic E-state index is 12.1. The van der Waals surface area contributed by atoms with Crippen molar-refractivity contribution in [2.75, 3.05) is 13.1 Å². The largest absolute Gasteiger partial charge is 0.479 e. The van der Waals surface area contributed by atoms with E-state index in [0.717, 1.165) is 6.42 Å². The van der Waals surface area contributed by atoms with Crippen molar-refractivity contribution in [3.05, 3.63) is 22.4 Å². The lowest BCUT2D eigenvalue weighted by Gasteiger charge is -2.23. The molecule has 1 heterocycles. The van der Waals surface area contributed by atoms with E-state index in [2.05, 4.69) is 5.32 Å². The number of primary amides is 1. The fourth-order valence-corrected chi connectivity index (χ4v) is 2.48. The summed E-state index contributed by atoms with van der Waals surface area (Å²) in [4.78, 5) is 36.2.